The van der Waals surface area contributed by atoms with E-state index in [4.69, 9.17) is 4.74 Å². The average Bonchev–Trinajstić information content (AvgIpc) is 2.50. The van der Waals surface area contributed by atoms with Crippen LogP contribution in [0.4, 0.5) is 10.2 Å². The summed E-state index contributed by atoms with van der Waals surface area (Å²) in [6.07, 6.45) is 1.44. The summed E-state index contributed by atoms with van der Waals surface area (Å²) < 4.78 is 19.1. The molecule has 21 heavy (non-hydrogen) atoms. The van der Waals surface area contributed by atoms with Crippen LogP contribution in [0.15, 0.2) is 36.7 Å². The van der Waals surface area contributed by atoms with E-state index in [-0.39, 0.29) is 5.75 Å². The maximum atomic E-state index is 13.6. The second-order valence-electron chi connectivity index (χ2n) is 5.05. The minimum atomic E-state index is -0.409. The molecule has 0 aliphatic carbocycles. The second kappa shape index (κ2) is 6.05. The quantitative estimate of drug-likeness (QED) is 0.938. The molecule has 5 nitrogen and oxygen atoms in total. The molecule has 2 heterocycles. The molecule has 1 atom stereocenters. The first kappa shape index (κ1) is 13.8. The van der Waals surface area contributed by atoms with Gasteiger partial charge in [-0.15, -0.1) is 0 Å². The van der Waals surface area contributed by atoms with Gasteiger partial charge >= 0.3 is 0 Å². The highest BCUT2D eigenvalue weighted by atomic mass is 19.1. The first-order valence-corrected chi connectivity index (χ1v) is 6.95. The molecule has 0 spiro atoms. The Morgan fingerprint density at radius 2 is 2.19 bits per heavy atom. The van der Waals surface area contributed by atoms with Crippen molar-refractivity contribution >= 4 is 5.82 Å². The van der Waals surface area contributed by atoms with Gasteiger partial charge in [0, 0.05) is 31.7 Å². The molecule has 1 saturated heterocycles. The number of piperazine rings is 1. The number of ether oxygens (including phenoxy) is 1. The maximum Gasteiger partial charge on any atom is 0.224 e. The summed E-state index contributed by atoms with van der Waals surface area (Å²) in [6.45, 7) is 4.79. The highest BCUT2D eigenvalue weighted by Crippen LogP contribution is 2.24. The van der Waals surface area contributed by atoms with Crippen LogP contribution >= 0.6 is 0 Å². The zero-order valence-electron chi connectivity index (χ0n) is 11.8. The fraction of sp³-hybridized carbons (Fsp3) is 0.333. The molecule has 1 aromatic heterocycles. The van der Waals surface area contributed by atoms with Crippen LogP contribution < -0.4 is 15.0 Å². The topological polar surface area (TPSA) is 50.3 Å². The number of halogens is 1. The standard InChI is InChI=1S/C15H17FN4O/c1-11-9-20(7-6-17-11)14-8-15(19-10-18-14)21-13-5-3-2-4-12(13)16/h2-5,8,10-11,17H,6-7,9H2,1H3. The highest BCUT2D eigenvalue weighted by Gasteiger charge is 2.17. The third kappa shape index (κ3) is 3.28. The lowest BCUT2D eigenvalue weighted by Crippen LogP contribution is -2.49. The molecule has 3 rings (SSSR count). The van der Waals surface area contributed by atoms with Crippen LogP contribution in [0.25, 0.3) is 0 Å². The lowest BCUT2D eigenvalue weighted by atomic mass is 10.2. The molecule has 110 valence electrons. The molecule has 1 aliphatic heterocycles. The normalized spacial score (nSPS) is 18.6. The number of rotatable bonds is 3. The Hall–Kier alpha value is -2.21. The minimum absolute atomic E-state index is 0.163. The van der Waals surface area contributed by atoms with E-state index in [1.54, 1.807) is 24.3 Å². The number of aromatic nitrogens is 2. The third-order valence-electron chi connectivity index (χ3n) is 3.37. The number of para-hydroxylation sites is 1. The summed E-state index contributed by atoms with van der Waals surface area (Å²) in [7, 11) is 0. The molecule has 1 aliphatic rings. The Morgan fingerprint density at radius 1 is 1.33 bits per heavy atom. The Labute approximate surface area is 122 Å². The van der Waals surface area contributed by atoms with Gasteiger partial charge < -0.3 is 15.0 Å². The predicted molar refractivity (Wildman–Crippen MR) is 78.2 cm³/mol. The Balaban J connectivity index is 1.78. The molecule has 0 amide bonds. The largest absolute Gasteiger partial charge is 0.436 e. The predicted octanol–water partition coefficient (Wildman–Crippen LogP) is 2.21. The van der Waals surface area contributed by atoms with Crippen LogP contribution in [-0.4, -0.2) is 35.6 Å². The van der Waals surface area contributed by atoms with E-state index < -0.39 is 5.82 Å². The molecule has 6 heteroatoms. The van der Waals surface area contributed by atoms with Gasteiger partial charge in [-0.3, -0.25) is 0 Å². The molecular weight excluding hydrogens is 271 g/mol. The Kier molecular flexibility index (Phi) is 3.96. The fourth-order valence-corrected chi connectivity index (χ4v) is 2.34. The molecule has 1 N–H and O–H groups in total. The van der Waals surface area contributed by atoms with Gasteiger partial charge in [0.15, 0.2) is 11.6 Å². The van der Waals surface area contributed by atoms with Crippen molar-refractivity contribution in [1.29, 1.82) is 0 Å². The van der Waals surface area contributed by atoms with Gasteiger partial charge in [-0.1, -0.05) is 12.1 Å². The van der Waals surface area contributed by atoms with Gasteiger partial charge in [0.05, 0.1) is 0 Å². The summed E-state index contributed by atoms with van der Waals surface area (Å²) >= 11 is 0. The van der Waals surface area contributed by atoms with E-state index in [1.807, 2.05) is 0 Å². The van der Waals surface area contributed by atoms with Crippen molar-refractivity contribution < 1.29 is 9.13 Å². The van der Waals surface area contributed by atoms with Crippen LogP contribution in [0.1, 0.15) is 6.92 Å². The molecule has 1 fully saturated rings. The van der Waals surface area contributed by atoms with E-state index >= 15 is 0 Å². The number of benzene rings is 1. The Bertz CT molecular complexity index is 622. The van der Waals surface area contributed by atoms with Crippen LogP contribution in [0.2, 0.25) is 0 Å². The smallest absolute Gasteiger partial charge is 0.224 e. The van der Waals surface area contributed by atoms with Gasteiger partial charge in [-0.2, -0.15) is 0 Å². The maximum absolute atomic E-state index is 13.6. The average molecular weight is 288 g/mol. The van der Waals surface area contributed by atoms with Crippen molar-refractivity contribution in [2.45, 2.75) is 13.0 Å². The molecule has 1 unspecified atom stereocenters. The first-order valence-electron chi connectivity index (χ1n) is 6.95. The van der Waals surface area contributed by atoms with Crippen molar-refractivity contribution in [3.05, 3.63) is 42.5 Å². The molecule has 0 bridgehead atoms. The van der Waals surface area contributed by atoms with Crippen LogP contribution in [0.3, 0.4) is 0 Å². The Morgan fingerprint density at radius 3 is 3.00 bits per heavy atom. The SMILES string of the molecule is CC1CN(c2cc(Oc3ccccc3F)ncn2)CCN1. The van der Waals surface area contributed by atoms with Crippen LogP contribution in [0, 0.1) is 5.82 Å². The van der Waals surface area contributed by atoms with Crippen molar-refractivity contribution in [1.82, 2.24) is 15.3 Å². The number of anilines is 1. The zero-order chi connectivity index (χ0) is 14.7. The van der Waals surface area contributed by atoms with E-state index in [0.29, 0.717) is 11.9 Å². The van der Waals surface area contributed by atoms with E-state index in [2.05, 4.69) is 27.1 Å². The third-order valence-corrected chi connectivity index (χ3v) is 3.37. The molecule has 2 aromatic rings. The summed E-state index contributed by atoms with van der Waals surface area (Å²) in [4.78, 5) is 10.5. The van der Waals surface area contributed by atoms with E-state index in [9.17, 15) is 4.39 Å². The van der Waals surface area contributed by atoms with E-state index in [1.165, 1.54) is 12.4 Å². The monoisotopic (exact) mass is 288 g/mol. The van der Waals surface area contributed by atoms with Gasteiger partial charge in [0.2, 0.25) is 5.88 Å². The molecule has 0 radical (unpaired) electrons. The number of hydrogen-bond donors (Lipinski definition) is 1. The number of nitrogens with zero attached hydrogens (tertiary/aromatic N) is 3. The van der Waals surface area contributed by atoms with Crippen molar-refractivity contribution in [2.24, 2.45) is 0 Å². The lowest BCUT2D eigenvalue weighted by Gasteiger charge is -2.32. The fourth-order valence-electron chi connectivity index (χ4n) is 2.34. The second-order valence-corrected chi connectivity index (χ2v) is 5.05. The van der Waals surface area contributed by atoms with Crippen molar-refractivity contribution in [2.75, 3.05) is 24.5 Å². The van der Waals surface area contributed by atoms with E-state index in [0.717, 1.165) is 25.5 Å². The first-order chi connectivity index (χ1) is 10.2. The summed E-state index contributed by atoms with van der Waals surface area (Å²) in [5, 5.41) is 3.38. The van der Waals surface area contributed by atoms with Gasteiger partial charge in [-0.25, -0.2) is 14.4 Å². The summed E-state index contributed by atoms with van der Waals surface area (Å²) in [5.41, 5.74) is 0. The molecular formula is C15H17FN4O. The number of hydrogen-bond acceptors (Lipinski definition) is 5. The molecule has 1 aromatic carbocycles. The van der Waals surface area contributed by atoms with Gasteiger partial charge in [0.1, 0.15) is 12.1 Å². The van der Waals surface area contributed by atoms with Gasteiger partial charge in [0.25, 0.3) is 0 Å². The highest BCUT2D eigenvalue weighted by molar-refractivity contribution is 5.42. The molecule has 0 saturated carbocycles. The zero-order valence-corrected chi connectivity index (χ0v) is 11.8. The summed E-state index contributed by atoms with van der Waals surface area (Å²) in [6, 6.07) is 8.42. The summed E-state index contributed by atoms with van der Waals surface area (Å²) in [5.74, 6) is 0.894. The van der Waals surface area contributed by atoms with Crippen molar-refractivity contribution in [3.8, 4) is 11.6 Å². The van der Waals surface area contributed by atoms with Crippen molar-refractivity contribution in [3.63, 3.8) is 0 Å². The van der Waals surface area contributed by atoms with Crippen LogP contribution in [0.5, 0.6) is 11.6 Å². The number of nitrogens with one attached hydrogen (secondary N) is 1. The van der Waals surface area contributed by atoms with Gasteiger partial charge in [-0.05, 0) is 19.1 Å². The lowest BCUT2D eigenvalue weighted by molar-refractivity contribution is 0.425. The minimum Gasteiger partial charge on any atom is -0.436 e. The van der Waals surface area contributed by atoms with Crippen LogP contribution in [-0.2, 0) is 0 Å².